The molecule has 1 unspecified atom stereocenters. The van der Waals surface area contributed by atoms with Gasteiger partial charge in [-0.2, -0.15) is 0 Å². The number of carbonyl (C=O) groups is 3. The van der Waals surface area contributed by atoms with Crippen LogP contribution in [0.4, 0.5) is 0 Å². The van der Waals surface area contributed by atoms with E-state index in [0.29, 0.717) is 0 Å². The van der Waals surface area contributed by atoms with Crippen LogP contribution in [0, 0.1) is 0 Å². The van der Waals surface area contributed by atoms with E-state index in [2.05, 4.69) is 0 Å². The predicted octanol–water partition coefficient (Wildman–Crippen LogP) is -0.703. The molecular weight excluding hydrogens is 324 g/mol. The Balaban J connectivity index is 4.50. The fourth-order valence-electron chi connectivity index (χ4n) is 1.56. The lowest BCUT2D eigenvalue weighted by molar-refractivity contribution is -0.169. The first kappa shape index (κ1) is 22.3. The summed E-state index contributed by atoms with van der Waals surface area (Å²) in [5, 5.41) is 27.3. The van der Waals surface area contributed by atoms with Crippen molar-refractivity contribution in [2.75, 3.05) is 13.2 Å². The maximum absolute atomic E-state index is 11.6. The molecule has 0 aliphatic carbocycles. The van der Waals surface area contributed by atoms with Gasteiger partial charge in [0.15, 0.2) is 6.10 Å². The van der Waals surface area contributed by atoms with Gasteiger partial charge in [-0.25, -0.2) is 0 Å². The molecule has 9 heteroatoms. The lowest BCUT2D eigenvalue weighted by atomic mass is 10.3. The normalized spacial score (nSPS) is 15.8. The molecule has 140 valence electrons. The van der Waals surface area contributed by atoms with Crippen LogP contribution in [-0.2, 0) is 28.6 Å². The van der Waals surface area contributed by atoms with Crippen LogP contribution in [0.2, 0.25) is 0 Å². The molecule has 0 aromatic rings. The highest BCUT2D eigenvalue weighted by Gasteiger charge is 2.21. The lowest BCUT2D eigenvalue weighted by Gasteiger charge is -2.19. The minimum atomic E-state index is -1.05. The molecule has 24 heavy (non-hydrogen) atoms. The average Bonchev–Trinajstić information content (AvgIpc) is 2.39. The predicted molar refractivity (Wildman–Crippen MR) is 80.7 cm³/mol. The molecule has 0 amide bonds. The van der Waals surface area contributed by atoms with E-state index in [1.165, 1.54) is 20.8 Å². The van der Waals surface area contributed by atoms with Crippen molar-refractivity contribution < 1.29 is 43.9 Å². The zero-order chi connectivity index (χ0) is 18.7. The molecule has 0 aromatic carbocycles. The van der Waals surface area contributed by atoms with Crippen LogP contribution in [0.3, 0.4) is 0 Å². The first-order valence-corrected chi connectivity index (χ1v) is 7.65. The van der Waals surface area contributed by atoms with E-state index in [4.69, 9.17) is 29.5 Å². The third kappa shape index (κ3) is 12.8. The Morgan fingerprint density at radius 3 is 1.38 bits per heavy atom. The maximum Gasteiger partial charge on any atom is 0.308 e. The summed E-state index contributed by atoms with van der Waals surface area (Å²) in [6.07, 6.45) is -4.43. The van der Waals surface area contributed by atoms with Crippen molar-refractivity contribution in [2.24, 2.45) is 0 Å². The fourth-order valence-corrected chi connectivity index (χ4v) is 1.56. The second-order valence-corrected chi connectivity index (χ2v) is 5.64. The van der Waals surface area contributed by atoms with E-state index in [9.17, 15) is 14.4 Å². The Kier molecular flexibility index (Phi) is 10.9. The van der Waals surface area contributed by atoms with E-state index >= 15 is 0 Å². The molecule has 0 spiro atoms. The van der Waals surface area contributed by atoms with Crippen LogP contribution < -0.4 is 0 Å². The van der Waals surface area contributed by atoms with Gasteiger partial charge in [0, 0.05) is 0 Å². The Morgan fingerprint density at radius 1 is 0.708 bits per heavy atom. The van der Waals surface area contributed by atoms with Gasteiger partial charge < -0.3 is 29.5 Å². The van der Waals surface area contributed by atoms with Gasteiger partial charge in [0.05, 0.1) is 37.6 Å². The number of esters is 3. The van der Waals surface area contributed by atoms with E-state index < -0.39 is 42.3 Å². The van der Waals surface area contributed by atoms with Gasteiger partial charge in [0.2, 0.25) is 0 Å². The number of carbonyl (C=O) groups excluding carboxylic acids is 3. The molecular formula is C15H26O9. The summed E-state index contributed by atoms with van der Waals surface area (Å²) in [5.74, 6) is -2.14. The summed E-state index contributed by atoms with van der Waals surface area (Å²) in [6, 6.07) is 0. The molecule has 0 radical (unpaired) electrons. The number of hydrogen-bond acceptors (Lipinski definition) is 9. The smallest absolute Gasteiger partial charge is 0.308 e. The van der Waals surface area contributed by atoms with Gasteiger partial charge in [0.25, 0.3) is 0 Å². The van der Waals surface area contributed by atoms with Gasteiger partial charge in [-0.05, 0) is 20.8 Å². The fraction of sp³-hybridized carbons (Fsp3) is 0.800. The monoisotopic (exact) mass is 350 g/mol. The number of aliphatic hydroxyl groups excluding tert-OH is 3. The summed E-state index contributed by atoms with van der Waals surface area (Å²) in [6.45, 7) is 3.51. The van der Waals surface area contributed by atoms with E-state index in [1.54, 1.807) is 0 Å². The largest absolute Gasteiger partial charge is 0.462 e. The van der Waals surface area contributed by atoms with E-state index in [1.807, 2.05) is 0 Å². The van der Waals surface area contributed by atoms with Gasteiger partial charge in [0.1, 0.15) is 13.2 Å². The number of rotatable bonds is 11. The molecule has 0 aliphatic rings. The molecule has 0 aromatic heterocycles. The summed E-state index contributed by atoms with van der Waals surface area (Å²) >= 11 is 0. The van der Waals surface area contributed by atoms with Crippen LogP contribution in [0.25, 0.3) is 0 Å². The van der Waals surface area contributed by atoms with Crippen molar-refractivity contribution in [3.63, 3.8) is 0 Å². The van der Waals surface area contributed by atoms with Crippen molar-refractivity contribution in [1.29, 1.82) is 0 Å². The first-order valence-electron chi connectivity index (χ1n) is 7.65. The van der Waals surface area contributed by atoms with Crippen molar-refractivity contribution >= 4 is 17.9 Å². The summed E-state index contributed by atoms with van der Waals surface area (Å²) in [5.41, 5.74) is 0. The molecule has 0 saturated heterocycles. The molecule has 0 rings (SSSR count). The molecule has 4 atom stereocenters. The van der Waals surface area contributed by atoms with Gasteiger partial charge in [-0.3, -0.25) is 14.4 Å². The highest BCUT2D eigenvalue weighted by atomic mass is 16.6. The maximum atomic E-state index is 11.6. The number of ether oxygens (including phenoxy) is 3. The molecule has 3 N–H and O–H groups in total. The van der Waals surface area contributed by atoms with Crippen LogP contribution in [0.5, 0.6) is 0 Å². The minimum Gasteiger partial charge on any atom is -0.462 e. The SMILES string of the molecule is C[C@H](O)CC(=O)OCC(COC(=O)C[C@@H](C)O)OC(=O)C[C@@H](C)O. The lowest BCUT2D eigenvalue weighted by Crippen LogP contribution is -2.32. The summed E-state index contributed by atoms with van der Waals surface area (Å²) < 4.78 is 14.7. The molecule has 0 fully saturated rings. The highest BCUT2D eigenvalue weighted by molar-refractivity contribution is 5.71. The molecule has 0 bridgehead atoms. The third-order valence-corrected chi connectivity index (χ3v) is 2.54. The standard InChI is InChI=1S/C15H26O9/c1-9(16)4-13(19)22-7-12(24-15(21)6-11(3)18)8-23-14(20)5-10(2)17/h9-12,16-18H,4-8H2,1-3H3/t9-,10+,11-,12?/m1/s1. The zero-order valence-electron chi connectivity index (χ0n) is 14.1. The summed E-state index contributed by atoms with van der Waals surface area (Å²) in [7, 11) is 0. The van der Waals surface area contributed by atoms with Crippen molar-refractivity contribution in [3.05, 3.63) is 0 Å². The topological polar surface area (TPSA) is 140 Å². The van der Waals surface area contributed by atoms with Crippen molar-refractivity contribution in [1.82, 2.24) is 0 Å². The van der Waals surface area contributed by atoms with Crippen molar-refractivity contribution in [2.45, 2.75) is 64.4 Å². The molecule has 9 nitrogen and oxygen atoms in total. The van der Waals surface area contributed by atoms with Crippen LogP contribution in [0.1, 0.15) is 40.0 Å². The minimum absolute atomic E-state index is 0.226. The quantitative estimate of drug-likeness (QED) is 0.326. The summed E-state index contributed by atoms with van der Waals surface area (Å²) in [4.78, 5) is 34.4. The Hall–Kier alpha value is -1.71. The van der Waals surface area contributed by atoms with Gasteiger partial charge in [-0.15, -0.1) is 0 Å². The zero-order valence-corrected chi connectivity index (χ0v) is 14.1. The molecule has 0 heterocycles. The van der Waals surface area contributed by atoms with Gasteiger partial charge >= 0.3 is 17.9 Å². The average molecular weight is 350 g/mol. The Morgan fingerprint density at radius 2 is 1.04 bits per heavy atom. The van der Waals surface area contributed by atoms with Gasteiger partial charge in [-0.1, -0.05) is 0 Å². The Bertz CT molecular complexity index is 378. The second-order valence-electron chi connectivity index (χ2n) is 5.64. The van der Waals surface area contributed by atoms with Crippen LogP contribution >= 0.6 is 0 Å². The Labute approximate surface area is 140 Å². The molecule has 0 saturated carbocycles. The first-order chi connectivity index (χ1) is 11.1. The van der Waals surface area contributed by atoms with Crippen LogP contribution in [-0.4, -0.2) is 70.9 Å². The van der Waals surface area contributed by atoms with E-state index in [-0.39, 0.29) is 32.5 Å². The molecule has 0 aliphatic heterocycles. The van der Waals surface area contributed by atoms with Crippen molar-refractivity contribution in [3.8, 4) is 0 Å². The third-order valence-electron chi connectivity index (χ3n) is 2.54. The highest BCUT2D eigenvalue weighted by Crippen LogP contribution is 2.04. The second kappa shape index (κ2) is 11.8. The number of aliphatic hydroxyl groups is 3. The van der Waals surface area contributed by atoms with E-state index in [0.717, 1.165) is 0 Å². The number of hydrogen-bond donors (Lipinski definition) is 3. The van der Waals surface area contributed by atoms with Crippen LogP contribution in [0.15, 0.2) is 0 Å².